The van der Waals surface area contributed by atoms with Crippen LogP contribution in [0.5, 0.6) is 0 Å². The molecular weight excluding hydrogens is 417 g/mol. The summed E-state index contributed by atoms with van der Waals surface area (Å²) < 4.78 is 1.70. The van der Waals surface area contributed by atoms with Crippen molar-refractivity contribution in [3.05, 3.63) is 41.0 Å². The Morgan fingerprint density at radius 3 is 3.06 bits per heavy atom. The molecule has 0 aliphatic heterocycles. The Labute approximate surface area is 124 Å². The van der Waals surface area contributed by atoms with Gasteiger partial charge in [-0.2, -0.15) is 0 Å². The molecule has 0 fully saturated rings. The summed E-state index contributed by atoms with van der Waals surface area (Å²) in [5.41, 5.74) is -0.102. The molecule has 0 amide bonds. The maximum atomic E-state index is 11.5. The van der Waals surface area contributed by atoms with E-state index in [0.29, 0.717) is 9.39 Å². The Hall–Kier alpha value is -0.410. The van der Waals surface area contributed by atoms with Crippen LogP contribution in [0, 0.1) is 3.57 Å². The lowest BCUT2D eigenvalue weighted by atomic mass is 10.4. The van der Waals surface area contributed by atoms with E-state index in [0.717, 1.165) is 11.0 Å². The van der Waals surface area contributed by atoms with Crippen molar-refractivity contribution in [2.24, 2.45) is 0 Å². The highest BCUT2D eigenvalue weighted by atomic mass is 127. The summed E-state index contributed by atoms with van der Waals surface area (Å²) in [6.07, 6.45) is 1.43. The summed E-state index contributed by atoms with van der Waals surface area (Å²) >= 11 is 7.12. The number of hydrogen-bond donors (Lipinski definition) is 1. The number of aromatic amines is 1. The number of aromatic nitrogens is 2. The molecule has 0 atom stereocenters. The van der Waals surface area contributed by atoms with Crippen molar-refractivity contribution < 1.29 is 0 Å². The molecule has 7 heteroatoms. The van der Waals surface area contributed by atoms with Gasteiger partial charge in [0.15, 0.2) is 0 Å². The van der Waals surface area contributed by atoms with Gasteiger partial charge in [0.2, 0.25) is 0 Å². The third kappa shape index (κ3) is 3.08. The van der Waals surface area contributed by atoms with Crippen LogP contribution >= 0.6 is 49.9 Å². The Morgan fingerprint density at radius 1 is 1.65 bits per heavy atom. The van der Waals surface area contributed by atoms with Gasteiger partial charge in [-0.25, -0.2) is 4.98 Å². The summed E-state index contributed by atoms with van der Waals surface area (Å²) in [6.45, 7) is 0.739. The average Bonchev–Trinajstić information content (AvgIpc) is 2.68. The zero-order valence-corrected chi connectivity index (χ0v) is 13.5. The molecule has 0 spiro atoms. The number of H-pyrrole nitrogens is 1. The van der Waals surface area contributed by atoms with Gasteiger partial charge in [0.25, 0.3) is 5.56 Å². The standard InChI is InChI=1S/C10H9BrIN3OS/c1-15(3-7-2-6(11)4-17-7)9-8(12)10(16)14-5-13-9/h2,4-5H,3H2,1H3,(H,13,14,16). The van der Waals surface area contributed by atoms with Crippen molar-refractivity contribution in [1.82, 2.24) is 9.97 Å². The van der Waals surface area contributed by atoms with E-state index in [-0.39, 0.29) is 5.56 Å². The van der Waals surface area contributed by atoms with Gasteiger partial charge >= 0.3 is 0 Å². The topological polar surface area (TPSA) is 49.0 Å². The molecule has 0 unspecified atom stereocenters. The first-order chi connectivity index (χ1) is 8.08. The molecule has 1 N–H and O–H groups in total. The van der Waals surface area contributed by atoms with Crippen LogP contribution in [0.2, 0.25) is 0 Å². The molecule has 4 nitrogen and oxygen atoms in total. The van der Waals surface area contributed by atoms with Crippen LogP contribution in [-0.4, -0.2) is 17.0 Å². The van der Waals surface area contributed by atoms with Crippen LogP contribution in [0.3, 0.4) is 0 Å². The zero-order valence-electron chi connectivity index (χ0n) is 8.91. The monoisotopic (exact) mass is 425 g/mol. The number of anilines is 1. The number of nitrogens with one attached hydrogen (secondary N) is 1. The third-order valence-electron chi connectivity index (χ3n) is 2.15. The molecule has 2 heterocycles. The number of nitrogens with zero attached hydrogens (tertiary/aromatic N) is 2. The Balaban J connectivity index is 2.23. The summed E-state index contributed by atoms with van der Waals surface area (Å²) in [4.78, 5) is 21.4. The number of rotatable bonds is 3. The van der Waals surface area contributed by atoms with Crippen LogP contribution in [0.15, 0.2) is 27.0 Å². The summed E-state index contributed by atoms with van der Waals surface area (Å²) in [7, 11) is 1.93. The number of thiophene rings is 1. The first-order valence-corrected chi connectivity index (χ1v) is 7.50. The van der Waals surface area contributed by atoms with E-state index in [1.54, 1.807) is 11.3 Å². The lowest BCUT2D eigenvalue weighted by molar-refractivity contribution is 0.892. The van der Waals surface area contributed by atoms with Crippen molar-refractivity contribution in [1.29, 1.82) is 0 Å². The normalized spacial score (nSPS) is 10.5. The van der Waals surface area contributed by atoms with Crippen molar-refractivity contribution >= 4 is 55.7 Å². The molecule has 2 rings (SSSR count). The van der Waals surface area contributed by atoms with Crippen LogP contribution in [0.25, 0.3) is 0 Å². The first kappa shape index (κ1) is 13.0. The molecule has 2 aromatic rings. The van der Waals surface area contributed by atoms with Gasteiger partial charge in [-0.15, -0.1) is 11.3 Å². The Bertz CT molecular complexity index is 583. The fourth-order valence-corrected chi connectivity index (χ4v) is 3.60. The fourth-order valence-electron chi connectivity index (χ4n) is 1.39. The van der Waals surface area contributed by atoms with Gasteiger partial charge in [0.1, 0.15) is 9.39 Å². The molecule has 0 aliphatic carbocycles. The van der Waals surface area contributed by atoms with Gasteiger partial charge in [-0.05, 0) is 44.6 Å². The van der Waals surface area contributed by atoms with Crippen molar-refractivity contribution in [3.8, 4) is 0 Å². The van der Waals surface area contributed by atoms with Crippen LogP contribution in [0.4, 0.5) is 5.82 Å². The fraction of sp³-hybridized carbons (Fsp3) is 0.200. The van der Waals surface area contributed by atoms with Crippen molar-refractivity contribution in [2.45, 2.75) is 6.54 Å². The van der Waals surface area contributed by atoms with E-state index >= 15 is 0 Å². The molecule has 0 bridgehead atoms. The largest absolute Gasteiger partial charge is 0.353 e. The van der Waals surface area contributed by atoms with Gasteiger partial charge in [0.05, 0.1) is 12.9 Å². The highest BCUT2D eigenvalue weighted by Crippen LogP contribution is 2.23. The second kappa shape index (κ2) is 5.49. The molecule has 2 aromatic heterocycles. The predicted molar refractivity (Wildman–Crippen MR) is 81.7 cm³/mol. The van der Waals surface area contributed by atoms with Crippen LogP contribution < -0.4 is 10.5 Å². The highest BCUT2D eigenvalue weighted by molar-refractivity contribution is 14.1. The maximum absolute atomic E-state index is 11.5. The van der Waals surface area contributed by atoms with E-state index in [4.69, 9.17) is 0 Å². The lowest BCUT2D eigenvalue weighted by Gasteiger charge is -2.17. The second-order valence-corrected chi connectivity index (χ2v) is 6.45. The quantitative estimate of drug-likeness (QED) is 0.769. The molecule has 17 heavy (non-hydrogen) atoms. The Morgan fingerprint density at radius 2 is 2.41 bits per heavy atom. The smallest absolute Gasteiger partial charge is 0.266 e. The summed E-state index contributed by atoms with van der Waals surface area (Å²) in [6, 6.07) is 2.07. The van der Waals surface area contributed by atoms with E-state index in [1.807, 2.05) is 39.9 Å². The van der Waals surface area contributed by atoms with Crippen LogP contribution in [-0.2, 0) is 6.54 Å². The summed E-state index contributed by atoms with van der Waals surface area (Å²) in [5, 5.41) is 2.04. The van der Waals surface area contributed by atoms with Crippen molar-refractivity contribution in [3.63, 3.8) is 0 Å². The highest BCUT2D eigenvalue weighted by Gasteiger charge is 2.11. The van der Waals surface area contributed by atoms with E-state index in [1.165, 1.54) is 11.2 Å². The predicted octanol–water partition coefficient (Wildman–Crippen LogP) is 2.83. The summed E-state index contributed by atoms with van der Waals surface area (Å²) in [5.74, 6) is 0.707. The SMILES string of the molecule is CN(Cc1cc(Br)cs1)c1nc[nH]c(=O)c1I. The van der Waals surface area contributed by atoms with Gasteiger partial charge in [-0.1, -0.05) is 0 Å². The van der Waals surface area contributed by atoms with Gasteiger partial charge in [-0.3, -0.25) is 4.79 Å². The molecule has 0 aromatic carbocycles. The minimum absolute atomic E-state index is 0.102. The van der Waals surface area contributed by atoms with Gasteiger partial charge < -0.3 is 9.88 Å². The molecule has 0 saturated carbocycles. The lowest BCUT2D eigenvalue weighted by Crippen LogP contribution is -2.23. The molecule has 0 aliphatic rings. The number of hydrogen-bond acceptors (Lipinski definition) is 4. The third-order valence-corrected chi connectivity index (χ3v) is 4.81. The molecule has 90 valence electrons. The molecule has 0 radical (unpaired) electrons. The van der Waals surface area contributed by atoms with Gasteiger partial charge in [0, 0.05) is 21.8 Å². The van der Waals surface area contributed by atoms with E-state index in [9.17, 15) is 4.79 Å². The minimum Gasteiger partial charge on any atom is -0.353 e. The average molecular weight is 426 g/mol. The number of halogens is 2. The molecular formula is C10H9BrIN3OS. The zero-order chi connectivity index (χ0) is 12.4. The Kier molecular flexibility index (Phi) is 4.21. The van der Waals surface area contributed by atoms with E-state index in [2.05, 4.69) is 32.0 Å². The van der Waals surface area contributed by atoms with E-state index < -0.39 is 0 Å². The minimum atomic E-state index is -0.102. The van der Waals surface area contributed by atoms with Crippen LogP contribution in [0.1, 0.15) is 4.88 Å². The van der Waals surface area contributed by atoms with Crippen molar-refractivity contribution in [2.75, 3.05) is 11.9 Å². The second-order valence-electron chi connectivity index (χ2n) is 3.46. The first-order valence-electron chi connectivity index (χ1n) is 4.75. The maximum Gasteiger partial charge on any atom is 0.266 e. The molecule has 0 saturated heterocycles.